The van der Waals surface area contributed by atoms with Crippen LogP contribution in [0.2, 0.25) is 0 Å². The fraction of sp³-hybridized carbons (Fsp3) is 0.474. The molecule has 0 bridgehead atoms. The van der Waals surface area contributed by atoms with Crippen molar-refractivity contribution in [2.45, 2.75) is 116 Å². The lowest BCUT2D eigenvalue weighted by atomic mass is 9.82. The van der Waals surface area contributed by atoms with Gasteiger partial charge in [-0.05, 0) is 99.4 Å². The number of aromatic nitrogens is 2. The molecule has 1 aromatic heterocycles. The van der Waals surface area contributed by atoms with E-state index >= 15 is 13.2 Å². The highest BCUT2D eigenvalue weighted by Gasteiger charge is 2.49. The molecule has 2 unspecified atom stereocenters. The first kappa shape index (κ1) is 39.8. The van der Waals surface area contributed by atoms with Crippen LogP contribution in [0.15, 0.2) is 54.7 Å². The van der Waals surface area contributed by atoms with Gasteiger partial charge in [0.25, 0.3) is 5.92 Å². The number of carbonyl (C=O) groups is 4. The molecule has 1 fully saturated rings. The Morgan fingerprint density at radius 1 is 0.788 bits per heavy atom. The molecule has 0 saturated heterocycles. The third-order valence-electron chi connectivity index (χ3n) is 7.44. The van der Waals surface area contributed by atoms with Crippen LogP contribution in [0.5, 0.6) is 0 Å². The number of nitrogens with zero attached hydrogens (tertiary/aromatic N) is 3. The Labute approximate surface area is 300 Å². The van der Waals surface area contributed by atoms with E-state index in [1.54, 1.807) is 80.5 Å². The summed E-state index contributed by atoms with van der Waals surface area (Å²) in [5, 5.41) is 0. The van der Waals surface area contributed by atoms with E-state index in [4.69, 9.17) is 18.9 Å². The molecular weight excluding hydrogens is 683 g/mol. The lowest BCUT2D eigenvalue weighted by Gasteiger charge is -2.35. The second-order valence-corrected chi connectivity index (χ2v) is 15.5. The van der Waals surface area contributed by atoms with Crippen molar-refractivity contribution in [3.8, 4) is 11.3 Å². The van der Waals surface area contributed by atoms with Crippen molar-refractivity contribution in [3.63, 3.8) is 0 Å². The van der Waals surface area contributed by atoms with Crippen LogP contribution in [-0.4, -0.2) is 62.9 Å². The predicted molar refractivity (Wildman–Crippen MR) is 185 cm³/mol. The van der Waals surface area contributed by atoms with Crippen molar-refractivity contribution in [1.82, 2.24) is 9.97 Å². The number of benzene rings is 2. The average Bonchev–Trinajstić information content (AvgIpc) is 2.99. The predicted octanol–water partition coefficient (Wildman–Crippen LogP) is 9.04. The lowest BCUT2D eigenvalue weighted by Crippen LogP contribution is -2.44. The number of amides is 2. The van der Waals surface area contributed by atoms with Crippen molar-refractivity contribution in [2.75, 3.05) is 4.90 Å². The zero-order valence-electron chi connectivity index (χ0n) is 30.7. The van der Waals surface area contributed by atoms with Crippen LogP contribution in [0, 0.1) is 5.82 Å². The van der Waals surface area contributed by atoms with Gasteiger partial charge in [0.05, 0.1) is 23.0 Å². The molecule has 4 rings (SSSR count). The molecule has 11 nitrogen and oxygen atoms in total. The maximum atomic E-state index is 15.6. The Balaban J connectivity index is 1.79. The molecule has 2 aromatic carbocycles. The summed E-state index contributed by atoms with van der Waals surface area (Å²) in [6.07, 6.45) is -3.83. The second-order valence-electron chi connectivity index (χ2n) is 15.5. The fourth-order valence-electron chi connectivity index (χ4n) is 5.27. The quantitative estimate of drug-likeness (QED) is 0.179. The summed E-state index contributed by atoms with van der Waals surface area (Å²) in [5.41, 5.74) is -3.62. The van der Waals surface area contributed by atoms with Gasteiger partial charge in [-0.1, -0.05) is 24.3 Å². The average molecular weight is 728 g/mol. The van der Waals surface area contributed by atoms with Gasteiger partial charge >= 0.3 is 24.1 Å². The molecule has 1 saturated carbocycles. The van der Waals surface area contributed by atoms with Gasteiger partial charge in [-0.15, -0.1) is 0 Å². The summed E-state index contributed by atoms with van der Waals surface area (Å²) in [5.74, 6) is -7.66. The maximum Gasteiger partial charge on any atom is 0.425 e. The van der Waals surface area contributed by atoms with E-state index in [9.17, 15) is 19.2 Å². The summed E-state index contributed by atoms with van der Waals surface area (Å²) in [7, 11) is 0. The number of carbonyl (C=O) groups excluding carboxylic acids is 4. The highest BCUT2D eigenvalue weighted by atomic mass is 19.3. The number of alkyl halides is 2. The number of hydrogen-bond acceptors (Lipinski definition) is 10. The Morgan fingerprint density at radius 2 is 1.37 bits per heavy atom. The molecule has 2 atom stereocenters. The summed E-state index contributed by atoms with van der Waals surface area (Å²) >= 11 is 0. The van der Waals surface area contributed by atoms with Gasteiger partial charge in [-0.2, -0.15) is 4.90 Å². The summed E-state index contributed by atoms with van der Waals surface area (Å²) < 4.78 is 68.3. The largest absolute Gasteiger partial charge is 0.456 e. The van der Waals surface area contributed by atoms with Crippen LogP contribution in [0.3, 0.4) is 0 Å². The molecule has 0 radical (unpaired) electrons. The summed E-state index contributed by atoms with van der Waals surface area (Å²) in [6.45, 7) is 14.3. The molecular formula is C38H44F3N3O8. The van der Waals surface area contributed by atoms with Gasteiger partial charge in [0.15, 0.2) is 11.9 Å². The number of hydrogen-bond donors (Lipinski definition) is 0. The number of halogens is 3. The van der Waals surface area contributed by atoms with Crippen LogP contribution in [-0.2, 0) is 18.9 Å². The molecule has 0 spiro atoms. The van der Waals surface area contributed by atoms with Gasteiger partial charge in [-0.3, -0.25) is 0 Å². The van der Waals surface area contributed by atoms with E-state index in [-0.39, 0.29) is 35.4 Å². The first-order valence-electron chi connectivity index (χ1n) is 16.7. The molecule has 52 heavy (non-hydrogen) atoms. The molecule has 3 aromatic rings. The maximum absolute atomic E-state index is 15.6. The van der Waals surface area contributed by atoms with Crippen LogP contribution in [0.25, 0.3) is 11.3 Å². The number of imide groups is 1. The highest BCUT2D eigenvalue weighted by molar-refractivity contribution is 6.10. The lowest BCUT2D eigenvalue weighted by molar-refractivity contribution is -0.140. The summed E-state index contributed by atoms with van der Waals surface area (Å²) in [6, 6.07) is 11.2. The summed E-state index contributed by atoms with van der Waals surface area (Å²) in [4.78, 5) is 61.9. The Morgan fingerprint density at radius 3 is 1.88 bits per heavy atom. The molecule has 2 amide bonds. The number of rotatable bonds is 6. The Bertz CT molecular complexity index is 1790. The topological polar surface area (TPSA) is 134 Å². The van der Waals surface area contributed by atoms with Crippen LogP contribution in [0.1, 0.15) is 114 Å². The third kappa shape index (κ3) is 10.3. The van der Waals surface area contributed by atoms with Gasteiger partial charge in [-0.25, -0.2) is 42.3 Å². The van der Waals surface area contributed by atoms with Crippen molar-refractivity contribution in [2.24, 2.45) is 0 Å². The number of anilines is 1. The first-order chi connectivity index (χ1) is 23.9. The van der Waals surface area contributed by atoms with Crippen molar-refractivity contribution < 1.29 is 51.3 Å². The minimum absolute atomic E-state index is 0.0382. The number of esters is 2. The van der Waals surface area contributed by atoms with E-state index in [0.29, 0.717) is 4.90 Å². The van der Waals surface area contributed by atoms with E-state index in [2.05, 4.69) is 9.97 Å². The fourth-order valence-corrected chi connectivity index (χ4v) is 5.27. The smallest absolute Gasteiger partial charge is 0.425 e. The van der Waals surface area contributed by atoms with E-state index in [0.717, 1.165) is 18.3 Å². The minimum atomic E-state index is -3.46. The normalized spacial score (nSPS) is 17.5. The standard InChI is InChI=1S/C38H44F3N3O8/c1-35(2,3)50-32(46)25-17-15-23(19-26(25)39)29-30(44(33(47)51-36(4,5)6)34(48)52-37(7,8)9)42-21-27(43-29)24-16-18-28(38(40,41)20-24)49-31(45)22-13-11-10-12-14-22/h10-15,17,19,21,24,28H,16,18,20H2,1-9H3. The van der Waals surface area contributed by atoms with E-state index in [1.807, 2.05) is 0 Å². The van der Waals surface area contributed by atoms with Crippen LogP contribution in [0.4, 0.5) is 28.6 Å². The van der Waals surface area contributed by atoms with Crippen molar-refractivity contribution in [1.29, 1.82) is 0 Å². The van der Waals surface area contributed by atoms with Gasteiger partial charge in [0.1, 0.15) is 28.3 Å². The SMILES string of the molecule is CC(C)(C)OC(=O)c1ccc(-c2nc(C3CCC(OC(=O)c4ccccc4)C(F)(F)C3)cnc2N(C(=O)OC(C)(C)C)C(=O)OC(C)(C)C)cc1F. The Kier molecular flexibility index (Phi) is 11.4. The minimum Gasteiger partial charge on any atom is -0.456 e. The monoisotopic (exact) mass is 727 g/mol. The van der Waals surface area contributed by atoms with Crippen LogP contribution >= 0.6 is 0 Å². The zero-order valence-corrected chi connectivity index (χ0v) is 30.7. The van der Waals surface area contributed by atoms with Gasteiger partial charge in [0, 0.05) is 17.9 Å². The van der Waals surface area contributed by atoms with Gasteiger partial charge < -0.3 is 18.9 Å². The molecule has 1 heterocycles. The van der Waals surface area contributed by atoms with Crippen molar-refractivity contribution >= 4 is 29.9 Å². The first-order valence-corrected chi connectivity index (χ1v) is 16.7. The highest BCUT2D eigenvalue weighted by Crippen LogP contribution is 2.44. The molecule has 0 N–H and O–H groups in total. The Hall–Kier alpha value is -5.01. The van der Waals surface area contributed by atoms with Gasteiger partial charge in [0.2, 0.25) is 0 Å². The third-order valence-corrected chi connectivity index (χ3v) is 7.44. The van der Waals surface area contributed by atoms with Crippen LogP contribution < -0.4 is 4.90 Å². The molecule has 1 aliphatic rings. The number of ether oxygens (including phenoxy) is 4. The van der Waals surface area contributed by atoms with Crippen molar-refractivity contribution in [3.05, 3.63) is 77.4 Å². The molecule has 0 aliphatic heterocycles. The zero-order chi connectivity index (χ0) is 38.8. The molecule has 280 valence electrons. The molecule has 1 aliphatic carbocycles. The second kappa shape index (κ2) is 14.9. The van der Waals surface area contributed by atoms with E-state index < -0.39 is 82.5 Å². The molecule has 14 heteroatoms. The van der Waals surface area contributed by atoms with E-state index in [1.165, 1.54) is 18.2 Å².